The van der Waals surface area contributed by atoms with Crippen LogP contribution >= 0.6 is 0 Å². The first-order valence-electron chi connectivity index (χ1n) is 6.09. The maximum Gasteiger partial charge on any atom is 0.273 e. The molecule has 1 saturated carbocycles. The molecular formula is C13H18N2O2. The van der Waals surface area contributed by atoms with E-state index < -0.39 is 0 Å². The smallest absolute Gasteiger partial charge is 0.273 e. The molecule has 1 aliphatic carbocycles. The highest BCUT2D eigenvalue weighted by molar-refractivity contribution is 5.94. The van der Waals surface area contributed by atoms with Crippen molar-refractivity contribution in [2.75, 3.05) is 6.54 Å². The second-order valence-corrected chi connectivity index (χ2v) is 4.87. The molecule has 1 amide bonds. The number of carbonyl (C=O) groups is 1. The predicted molar refractivity (Wildman–Crippen MR) is 64.7 cm³/mol. The molecule has 0 spiro atoms. The Morgan fingerprint density at radius 3 is 3.06 bits per heavy atom. The van der Waals surface area contributed by atoms with Gasteiger partial charge in [0, 0.05) is 12.7 Å². The summed E-state index contributed by atoms with van der Waals surface area (Å²) in [6, 6.07) is 3.07. The van der Waals surface area contributed by atoms with Crippen molar-refractivity contribution >= 4 is 5.91 Å². The largest absolute Gasteiger partial charge is 0.505 e. The average molecular weight is 234 g/mol. The minimum atomic E-state index is -0.289. The van der Waals surface area contributed by atoms with Crippen molar-refractivity contribution in [3.63, 3.8) is 0 Å². The van der Waals surface area contributed by atoms with Crippen LogP contribution in [0.25, 0.3) is 0 Å². The molecule has 2 unspecified atom stereocenters. The lowest BCUT2D eigenvalue weighted by atomic mass is 10.1. The fourth-order valence-corrected chi connectivity index (χ4v) is 2.40. The van der Waals surface area contributed by atoms with Gasteiger partial charge in [0.2, 0.25) is 0 Å². The van der Waals surface area contributed by atoms with E-state index in [1.165, 1.54) is 31.5 Å². The van der Waals surface area contributed by atoms with Crippen LogP contribution in [0.4, 0.5) is 0 Å². The average Bonchev–Trinajstić information content (AvgIpc) is 2.73. The lowest BCUT2D eigenvalue weighted by Gasteiger charge is -2.11. The summed E-state index contributed by atoms with van der Waals surface area (Å²) in [6.07, 6.45) is 5.10. The zero-order chi connectivity index (χ0) is 12.3. The highest BCUT2D eigenvalue weighted by atomic mass is 16.3. The molecule has 0 aliphatic heterocycles. The van der Waals surface area contributed by atoms with Gasteiger partial charge < -0.3 is 10.4 Å². The first-order valence-corrected chi connectivity index (χ1v) is 6.09. The van der Waals surface area contributed by atoms with Crippen molar-refractivity contribution in [3.05, 3.63) is 24.0 Å². The molecule has 1 aliphatic rings. The minimum Gasteiger partial charge on any atom is -0.505 e. The number of aromatic nitrogens is 1. The van der Waals surface area contributed by atoms with Crippen LogP contribution in [0.3, 0.4) is 0 Å². The van der Waals surface area contributed by atoms with Crippen LogP contribution < -0.4 is 5.32 Å². The Morgan fingerprint density at radius 1 is 1.59 bits per heavy atom. The third kappa shape index (κ3) is 2.96. The SMILES string of the molecule is CC1CCC(CNC(=O)c2ncccc2O)C1. The first-order chi connectivity index (χ1) is 8.16. The summed E-state index contributed by atoms with van der Waals surface area (Å²) in [5.41, 5.74) is 0.110. The van der Waals surface area contributed by atoms with Gasteiger partial charge in [0.15, 0.2) is 5.69 Å². The van der Waals surface area contributed by atoms with Crippen LogP contribution in [0.2, 0.25) is 0 Å². The monoisotopic (exact) mass is 234 g/mol. The van der Waals surface area contributed by atoms with Crippen LogP contribution in [-0.2, 0) is 0 Å². The standard InChI is InChI=1S/C13H18N2O2/c1-9-4-5-10(7-9)8-15-13(17)12-11(16)3-2-6-14-12/h2-3,6,9-10,16H,4-5,7-8H2,1H3,(H,15,17). The van der Waals surface area contributed by atoms with Crippen LogP contribution in [0.15, 0.2) is 18.3 Å². The maximum absolute atomic E-state index is 11.8. The Bertz CT molecular complexity index is 406. The van der Waals surface area contributed by atoms with E-state index in [2.05, 4.69) is 17.2 Å². The van der Waals surface area contributed by atoms with E-state index in [-0.39, 0.29) is 17.4 Å². The summed E-state index contributed by atoms with van der Waals surface area (Å²) in [7, 11) is 0. The second kappa shape index (κ2) is 5.17. The number of nitrogens with one attached hydrogen (secondary N) is 1. The van der Waals surface area contributed by atoms with Crippen molar-refractivity contribution < 1.29 is 9.90 Å². The number of carbonyl (C=O) groups excluding carboxylic acids is 1. The molecule has 2 atom stereocenters. The molecule has 1 heterocycles. The van der Waals surface area contributed by atoms with Crippen LogP contribution in [-0.4, -0.2) is 22.5 Å². The summed E-state index contributed by atoms with van der Waals surface area (Å²) >= 11 is 0. The molecule has 4 nitrogen and oxygen atoms in total. The molecule has 4 heteroatoms. The third-order valence-corrected chi connectivity index (χ3v) is 3.36. The van der Waals surface area contributed by atoms with Gasteiger partial charge in [0.05, 0.1) is 0 Å². The van der Waals surface area contributed by atoms with Crippen LogP contribution in [0, 0.1) is 11.8 Å². The summed E-state index contributed by atoms with van der Waals surface area (Å²) in [5.74, 6) is 0.979. The zero-order valence-corrected chi connectivity index (χ0v) is 10.0. The van der Waals surface area contributed by atoms with E-state index in [1.54, 1.807) is 6.07 Å². The fourth-order valence-electron chi connectivity index (χ4n) is 2.40. The zero-order valence-electron chi connectivity index (χ0n) is 10.0. The summed E-state index contributed by atoms with van der Waals surface area (Å²) in [6.45, 7) is 2.92. The molecule has 1 fully saturated rings. The molecule has 1 aromatic rings. The molecule has 17 heavy (non-hydrogen) atoms. The topological polar surface area (TPSA) is 62.2 Å². The number of aromatic hydroxyl groups is 1. The van der Waals surface area contributed by atoms with Crippen molar-refractivity contribution in [2.24, 2.45) is 11.8 Å². The summed E-state index contributed by atoms with van der Waals surface area (Å²) < 4.78 is 0. The minimum absolute atomic E-state index is 0.0650. The van der Waals surface area contributed by atoms with Crippen molar-refractivity contribution in [2.45, 2.75) is 26.2 Å². The van der Waals surface area contributed by atoms with Gasteiger partial charge in [-0.2, -0.15) is 0 Å². The van der Waals surface area contributed by atoms with Crippen molar-refractivity contribution in [1.29, 1.82) is 0 Å². The van der Waals surface area contributed by atoms with Gasteiger partial charge in [0.25, 0.3) is 5.91 Å². The number of amides is 1. The predicted octanol–water partition coefficient (Wildman–Crippen LogP) is 1.95. The Kier molecular flexibility index (Phi) is 3.61. The number of nitrogens with zero attached hydrogens (tertiary/aromatic N) is 1. The first kappa shape index (κ1) is 11.9. The molecule has 0 bridgehead atoms. The number of rotatable bonds is 3. The van der Waals surface area contributed by atoms with E-state index in [9.17, 15) is 9.90 Å². The maximum atomic E-state index is 11.8. The highest BCUT2D eigenvalue weighted by Gasteiger charge is 2.22. The summed E-state index contributed by atoms with van der Waals surface area (Å²) in [5, 5.41) is 12.3. The molecule has 2 N–H and O–H groups in total. The van der Waals surface area contributed by atoms with E-state index >= 15 is 0 Å². The molecule has 92 valence electrons. The molecule has 0 saturated heterocycles. The molecule has 0 radical (unpaired) electrons. The van der Waals surface area contributed by atoms with Crippen molar-refractivity contribution in [1.82, 2.24) is 10.3 Å². The number of hydrogen-bond acceptors (Lipinski definition) is 3. The van der Waals surface area contributed by atoms with Crippen LogP contribution in [0.1, 0.15) is 36.7 Å². The highest BCUT2D eigenvalue weighted by Crippen LogP contribution is 2.29. The van der Waals surface area contributed by atoms with Gasteiger partial charge in [-0.25, -0.2) is 4.98 Å². The molecule has 1 aromatic heterocycles. The molecular weight excluding hydrogens is 216 g/mol. The Morgan fingerprint density at radius 2 is 2.41 bits per heavy atom. The Balaban J connectivity index is 1.88. The Hall–Kier alpha value is -1.58. The van der Waals surface area contributed by atoms with Gasteiger partial charge in [-0.15, -0.1) is 0 Å². The molecule has 2 rings (SSSR count). The van der Waals surface area contributed by atoms with Gasteiger partial charge in [-0.3, -0.25) is 4.79 Å². The number of hydrogen-bond donors (Lipinski definition) is 2. The second-order valence-electron chi connectivity index (χ2n) is 4.87. The van der Waals surface area contributed by atoms with Gasteiger partial charge in [0.1, 0.15) is 5.75 Å². The van der Waals surface area contributed by atoms with E-state index in [4.69, 9.17) is 0 Å². The number of pyridine rings is 1. The summed E-state index contributed by atoms with van der Waals surface area (Å²) in [4.78, 5) is 15.6. The normalized spacial score (nSPS) is 23.6. The lowest BCUT2D eigenvalue weighted by Crippen LogP contribution is -2.29. The molecule has 0 aromatic carbocycles. The van der Waals surface area contributed by atoms with Crippen LogP contribution in [0.5, 0.6) is 5.75 Å². The van der Waals surface area contributed by atoms with E-state index in [0.717, 1.165) is 5.92 Å². The van der Waals surface area contributed by atoms with Gasteiger partial charge >= 0.3 is 0 Å². The van der Waals surface area contributed by atoms with Crippen molar-refractivity contribution in [3.8, 4) is 5.75 Å². The van der Waals surface area contributed by atoms with Gasteiger partial charge in [-0.1, -0.05) is 13.3 Å². The van der Waals surface area contributed by atoms with E-state index in [0.29, 0.717) is 12.5 Å². The Labute approximate surface area is 101 Å². The van der Waals surface area contributed by atoms with Gasteiger partial charge in [-0.05, 0) is 36.8 Å². The lowest BCUT2D eigenvalue weighted by molar-refractivity contribution is 0.0939. The fraction of sp³-hybridized carbons (Fsp3) is 0.538. The quantitative estimate of drug-likeness (QED) is 0.840. The van der Waals surface area contributed by atoms with E-state index in [1.807, 2.05) is 0 Å². The third-order valence-electron chi connectivity index (χ3n) is 3.36.